The maximum Gasteiger partial charge on any atom is 0.148 e. The van der Waals surface area contributed by atoms with Crippen LogP contribution in [0.2, 0.25) is 0 Å². The molecule has 0 bridgehead atoms. The van der Waals surface area contributed by atoms with Gasteiger partial charge in [0.05, 0.1) is 11.4 Å². The molecule has 0 unspecified atom stereocenters. The number of H-pyrrole nitrogens is 1. The number of nitrogens with one attached hydrogen (secondary N) is 2. The van der Waals surface area contributed by atoms with E-state index in [-0.39, 0.29) is 0 Å². The van der Waals surface area contributed by atoms with E-state index < -0.39 is 0 Å². The number of rotatable bonds is 6. The zero-order valence-electron chi connectivity index (χ0n) is 10.1. The number of pyridine rings is 1. The maximum atomic E-state index is 4.27. The number of aromatic nitrogens is 3. The highest BCUT2D eigenvalue weighted by Gasteiger charge is 2.03. The van der Waals surface area contributed by atoms with Gasteiger partial charge in [-0.25, -0.2) is 0 Å². The molecule has 0 aliphatic heterocycles. The third-order valence-corrected chi connectivity index (χ3v) is 2.61. The third kappa shape index (κ3) is 3.31. The van der Waals surface area contributed by atoms with Crippen molar-refractivity contribution in [3.05, 3.63) is 30.5 Å². The summed E-state index contributed by atoms with van der Waals surface area (Å²) in [5.41, 5.74) is 1.87. The van der Waals surface area contributed by atoms with Gasteiger partial charge in [-0.3, -0.25) is 10.1 Å². The summed E-state index contributed by atoms with van der Waals surface area (Å²) >= 11 is 0. The first kappa shape index (κ1) is 11.6. The van der Waals surface area contributed by atoms with Crippen LogP contribution in [0.4, 0.5) is 5.82 Å². The lowest BCUT2D eigenvalue weighted by atomic mass is 10.2. The molecule has 4 heteroatoms. The van der Waals surface area contributed by atoms with E-state index in [1.807, 2.05) is 24.3 Å². The molecule has 2 heterocycles. The highest BCUT2D eigenvalue weighted by molar-refractivity contribution is 5.58. The summed E-state index contributed by atoms with van der Waals surface area (Å²) in [6, 6.07) is 7.84. The number of aromatic amines is 1. The average molecular weight is 230 g/mol. The van der Waals surface area contributed by atoms with Crippen LogP contribution in [0.25, 0.3) is 11.4 Å². The molecule has 0 aliphatic carbocycles. The topological polar surface area (TPSA) is 53.6 Å². The molecule has 17 heavy (non-hydrogen) atoms. The first-order chi connectivity index (χ1) is 8.40. The van der Waals surface area contributed by atoms with Crippen LogP contribution in [-0.2, 0) is 0 Å². The minimum Gasteiger partial charge on any atom is -0.369 e. The summed E-state index contributed by atoms with van der Waals surface area (Å²) in [6.45, 7) is 3.17. The van der Waals surface area contributed by atoms with E-state index >= 15 is 0 Å². The van der Waals surface area contributed by atoms with Crippen molar-refractivity contribution < 1.29 is 0 Å². The van der Waals surface area contributed by atoms with Gasteiger partial charge in [0, 0.05) is 18.8 Å². The number of nitrogens with zero attached hydrogens (tertiary/aromatic N) is 2. The van der Waals surface area contributed by atoms with E-state index in [9.17, 15) is 0 Å². The van der Waals surface area contributed by atoms with Crippen LogP contribution in [0.3, 0.4) is 0 Å². The second-order valence-electron chi connectivity index (χ2n) is 4.02. The zero-order chi connectivity index (χ0) is 11.9. The Morgan fingerprint density at radius 1 is 1.29 bits per heavy atom. The number of hydrogen-bond acceptors (Lipinski definition) is 3. The van der Waals surface area contributed by atoms with Gasteiger partial charge in [-0.05, 0) is 18.6 Å². The van der Waals surface area contributed by atoms with E-state index in [0.717, 1.165) is 23.8 Å². The minimum absolute atomic E-state index is 0.891. The largest absolute Gasteiger partial charge is 0.369 e. The normalized spacial score (nSPS) is 10.4. The summed E-state index contributed by atoms with van der Waals surface area (Å²) in [6.07, 6.45) is 5.46. The summed E-state index contributed by atoms with van der Waals surface area (Å²) in [7, 11) is 0. The Morgan fingerprint density at radius 2 is 2.24 bits per heavy atom. The molecule has 4 nitrogen and oxygen atoms in total. The lowest BCUT2D eigenvalue weighted by Gasteiger charge is -2.00. The van der Waals surface area contributed by atoms with Gasteiger partial charge in [0.25, 0.3) is 0 Å². The van der Waals surface area contributed by atoms with Gasteiger partial charge >= 0.3 is 0 Å². The predicted molar refractivity (Wildman–Crippen MR) is 69.8 cm³/mol. The molecule has 0 saturated heterocycles. The summed E-state index contributed by atoms with van der Waals surface area (Å²) in [4.78, 5) is 4.27. The van der Waals surface area contributed by atoms with Gasteiger partial charge < -0.3 is 5.32 Å². The van der Waals surface area contributed by atoms with Crippen molar-refractivity contribution in [2.75, 3.05) is 11.9 Å². The molecule has 0 aromatic carbocycles. The van der Waals surface area contributed by atoms with Crippen LogP contribution >= 0.6 is 0 Å². The minimum atomic E-state index is 0.891. The molecule has 0 atom stereocenters. The Morgan fingerprint density at radius 3 is 3.00 bits per heavy atom. The molecule has 2 rings (SSSR count). The molecule has 2 aromatic heterocycles. The van der Waals surface area contributed by atoms with E-state index in [2.05, 4.69) is 27.4 Å². The van der Waals surface area contributed by atoms with Gasteiger partial charge in [-0.2, -0.15) is 5.10 Å². The van der Waals surface area contributed by atoms with Crippen molar-refractivity contribution in [1.29, 1.82) is 0 Å². The fourth-order valence-corrected chi connectivity index (χ4v) is 1.66. The van der Waals surface area contributed by atoms with Crippen molar-refractivity contribution >= 4 is 5.82 Å². The first-order valence-electron chi connectivity index (χ1n) is 6.11. The van der Waals surface area contributed by atoms with Crippen LogP contribution in [-0.4, -0.2) is 21.7 Å². The van der Waals surface area contributed by atoms with Crippen molar-refractivity contribution in [3.63, 3.8) is 0 Å². The fourth-order valence-electron chi connectivity index (χ4n) is 1.66. The van der Waals surface area contributed by atoms with E-state index in [1.165, 1.54) is 19.3 Å². The highest BCUT2D eigenvalue weighted by Crippen LogP contribution is 2.16. The van der Waals surface area contributed by atoms with Crippen LogP contribution in [0.5, 0.6) is 0 Å². The molecule has 0 saturated carbocycles. The molecule has 0 spiro atoms. The van der Waals surface area contributed by atoms with Crippen molar-refractivity contribution in [1.82, 2.24) is 15.2 Å². The van der Waals surface area contributed by atoms with Gasteiger partial charge in [0.15, 0.2) is 0 Å². The Balaban J connectivity index is 1.92. The standard InChI is InChI=1S/C13H18N4/c1-2-3-5-9-15-13-10-12(16-17-13)11-7-4-6-8-14-11/h4,6-8,10H,2-3,5,9H2,1H3,(H2,15,16,17). The summed E-state index contributed by atoms with van der Waals surface area (Å²) in [5, 5.41) is 10.5. The molecule has 0 fully saturated rings. The molecule has 2 N–H and O–H groups in total. The first-order valence-corrected chi connectivity index (χ1v) is 6.11. The Bertz CT molecular complexity index is 436. The Kier molecular flexibility index (Phi) is 4.13. The van der Waals surface area contributed by atoms with Crippen molar-refractivity contribution in [3.8, 4) is 11.4 Å². The third-order valence-electron chi connectivity index (χ3n) is 2.61. The molecule has 0 aliphatic rings. The lowest BCUT2D eigenvalue weighted by Crippen LogP contribution is -2.01. The molecular formula is C13H18N4. The zero-order valence-corrected chi connectivity index (χ0v) is 10.1. The van der Waals surface area contributed by atoms with Crippen molar-refractivity contribution in [2.45, 2.75) is 26.2 Å². The van der Waals surface area contributed by atoms with E-state index in [0.29, 0.717) is 0 Å². The molecular weight excluding hydrogens is 212 g/mol. The Labute approximate surface area is 101 Å². The van der Waals surface area contributed by atoms with Crippen LogP contribution in [0.1, 0.15) is 26.2 Å². The van der Waals surface area contributed by atoms with Gasteiger partial charge in [0.2, 0.25) is 0 Å². The maximum absolute atomic E-state index is 4.27. The van der Waals surface area contributed by atoms with Crippen LogP contribution in [0, 0.1) is 0 Å². The second-order valence-corrected chi connectivity index (χ2v) is 4.02. The monoisotopic (exact) mass is 230 g/mol. The number of anilines is 1. The van der Waals surface area contributed by atoms with Crippen LogP contribution in [0.15, 0.2) is 30.5 Å². The highest BCUT2D eigenvalue weighted by atomic mass is 15.2. The average Bonchev–Trinajstić information content (AvgIpc) is 2.85. The fraction of sp³-hybridized carbons (Fsp3) is 0.385. The second kappa shape index (κ2) is 6.03. The van der Waals surface area contributed by atoms with Crippen LogP contribution < -0.4 is 5.32 Å². The molecule has 2 aromatic rings. The van der Waals surface area contributed by atoms with Gasteiger partial charge in [0.1, 0.15) is 5.82 Å². The SMILES string of the molecule is CCCCCNc1cc(-c2ccccn2)[nH]n1. The lowest BCUT2D eigenvalue weighted by molar-refractivity contribution is 0.742. The smallest absolute Gasteiger partial charge is 0.148 e. The number of hydrogen-bond donors (Lipinski definition) is 2. The molecule has 90 valence electrons. The van der Waals surface area contributed by atoms with E-state index in [4.69, 9.17) is 0 Å². The van der Waals surface area contributed by atoms with E-state index in [1.54, 1.807) is 6.20 Å². The van der Waals surface area contributed by atoms with Gasteiger partial charge in [-0.1, -0.05) is 25.8 Å². The predicted octanol–water partition coefficient (Wildman–Crippen LogP) is 3.07. The summed E-state index contributed by atoms with van der Waals surface area (Å²) < 4.78 is 0. The summed E-state index contributed by atoms with van der Waals surface area (Å²) in [5.74, 6) is 0.891. The number of unbranched alkanes of at least 4 members (excludes halogenated alkanes) is 2. The Hall–Kier alpha value is -1.84. The molecule has 0 amide bonds. The quantitative estimate of drug-likeness (QED) is 0.750. The van der Waals surface area contributed by atoms with Crippen molar-refractivity contribution in [2.24, 2.45) is 0 Å². The molecule has 0 radical (unpaired) electrons. The van der Waals surface area contributed by atoms with Gasteiger partial charge in [-0.15, -0.1) is 0 Å².